The summed E-state index contributed by atoms with van der Waals surface area (Å²) in [5.74, 6) is 1.88. The molecule has 0 aliphatic carbocycles. The van der Waals surface area contributed by atoms with Crippen molar-refractivity contribution in [1.82, 2.24) is 0 Å². The minimum atomic E-state index is 0. The van der Waals surface area contributed by atoms with Gasteiger partial charge in [0.15, 0.2) is 0 Å². The van der Waals surface area contributed by atoms with Crippen molar-refractivity contribution in [2.24, 2.45) is 0 Å². The summed E-state index contributed by atoms with van der Waals surface area (Å²) in [6.07, 6.45) is 2.34. The number of hydrogen-bond acceptors (Lipinski definition) is 1. The zero-order valence-electron chi connectivity index (χ0n) is 7.63. The average molecular weight is 378 g/mol. The number of nitrogens with one attached hydrogen (secondary N) is 1. The summed E-state index contributed by atoms with van der Waals surface area (Å²) in [4.78, 5) is 0. The molecule has 0 aromatic heterocycles. The van der Waals surface area contributed by atoms with Crippen molar-refractivity contribution >= 4 is 18.3 Å². The van der Waals surface area contributed by atoms with Gasteiger partial charge in [-0.15, -0.1) is 5.69 Å². The molecule has 0 heterocycles. The molecule has 1 nitrogen and oxygen atoms in total. The van der Waals surface area contributed by atoms with Gasteiger partial charge in [-0.3, -0.25) is 5.75 Å². The summed E-state index contributed by atoms with van der Waals surface area (Å²) >= 11 is 3.88. The van der Waals surface area contributed by atoms with Gasteiger partial charge in [0.25, 0.3) is 0 Å². The smallest absolute Gasteiger partial charge is 0 e. The van der Waals surface area contributed by atoms with E-state index in [-0.39, 0.29) is 22.4 Å². The van der Waals surface area contributed by atoms with Crippen molar-refractivity contribution in [2.75, 3.05) is 0 Å². The maximum Gasteiger partial charge on any atom is 0 e. The number of hydrogen-bond donors (Lipinski definition) is 1. The normalized spacial score (nSPS) is 7.85. The van der Waals surface area contributed by atoms with E-state index in [2.05, 4.69) is 19.6 Å². The first-order valence-electron chi connectivity index (χ1n) is 4.03. The quantitative estimate of drug-likeness (QED) is 0.452. The molecule has 0 saturated heterocycles. The molecule has 3 heteroatoms. The third-order valence-corrected chi connectivity index (χ3v) is 1.45. The van der Waals surface area contributed by atoms with Crippen molar-refractivity contribution in [1.29, 1.82) is 0 Å². The predicted molar refractivity (Wildman–Crippen MR) is 58.6 cm³/mol. The largest absolute Gasteiger partial charge is 0.699 e. The summed E-state index contributed by atoms with van der Waals surface area (Å²) in [5.41, 5.74) is 7.57. The Balaban J connectivity index is 0. The molecule has 1 aromatic rings. The summed E-state index contributed by atoms with van der Waals surface area (Å²) in [6, 6.07) is 9.10. The van der Waals surface area contributed by atoms with Crippen molar-refractivity contribution in [3.05, 3.63) is 41.8 Å². The molecule has 0 amide bonds. The van der Waals surface area contributed by atoms with Crippen LogP contribution >= 0.6 is 12.6 Å². The molecule has 1 rings (SSSR count). The fraction of sp³-hybridized carbons (Fsp3) is 0.300. The van der Waals surface area contributed by atoms with Gasteiger partial charge in [0.05, 0.1) is 0 Å². The summed E-state index contributed by atoms with van der Waals surface area (Å²) in [7, 11) is 0. The molecular weight excluding hydrogens is 363 g/mol. The SMILES string of the molecule is CCC[CH-]S.[Au].[NH-]c1ccccc1. The molecule has 79 valence electrons. The first-order chi connectivity index (χ1) is 5.81. The third kappa shape index (κ3) is 12.1. The predicted octanol–water partition coefficient (Wildman–Crippen LogP) is 4.25. The molecule has 0 fully saturated rings. The van der Waals surface area contributed by atoms with Crippen molar-refractivity contribution < 1.29 is 22.4 Å². The fourth-order valence-corrected chi connectivity index (χ4v) is 0.825. The van der Waals surface area contributed by atoms with Crippen LogP contribution in [0.2, 0.25) is 0 Å². The van der Waals surface area contributed by atoms with Crippen LogP contribution in [0.1, 0.15) is 19.8 Å². The molecular formula is C10H15AuNS-2. The van der Waals surface area contributed by atoms with Gasteiger partial charge in [-0.2, -0.15) is 6.42 Å². The van der Waals surface area contributed by atoms with Gasteiger partial charge >= 0.3 is 0 Å². The minimum Gasteiger partial charge on any atom is -0.699 e. The number of benzene rings is 1. The van der Waals surface area contributed by atoms with Crippen molar-refractivity contribution in [3.8, 4) is 0 Å². The van der Waals surface area contributed by atoms with Gasteiger partial charge in [-0.25, -0.2) is 0 Å². The van der Waals surface area contributed by atoms with Gasteiger partial charge in [-0.1, -0.05) is 43.7 Å². The van der Waals surface area contributed by atoms with Gasteiger partial charge in [0.2, 0.25) is 0 Å². The molecule has 1 aromatic carbocycles. The van der Waals surface area contributed by atoms with Crippen LogP contribution in [0.15, 0.2) is 30.3 Å². The Kier molecular flexibility index (Phi) is 14.5. The molecule has 1 radical (unpaired) electrons. The van der Waals surface area contributed by atoms with E-state index < -0.39 is 0 Å². The second-order valence-electron chi connectivity index (χ2n) is 2.34. The minimum absolute atomic E-state index is 0. The van der Waals surface area contributed by atoms with Crippen LogP contribution < -0.4 is 0 Å². The monoisotopic (exact) mass is 378 g/mol. The molecule has 0 spiro atoms. The Bertz CT molecular complexity index is 178. The first-order valence-corrected chi connectivity index (χ1v) is 4.55. The molecule has 0 saturated carbocycles. The average Bonchev–Trinajstić information content (AvgIpc) is 2.08. The topological polar surface area (TPSA) is 23.8 Å². The summed E-state index contributed by atoms with van der Waals surface area (Å²) in [6.45, 7) is 2.13. The van der Waals surface area contributed by atoms with Crippen LogP contribution in [0, 0.1) is 5.75 Å². The maximum atomic E-state index is 7.00. The maximum absolute atomic E-state index is 7.00. The van der Waals surface area contributed by atoms with E-state index in [0.29, 0.717) is 5.69 Å². The van der Waals surface area contributed by atoms with Crippen molar-refractivity contribution in [2.45, 2.75) is 19.8 Å². The van der Waals surface area contributed by atoms with Crippen LogP contribution in [0.25, 0.3) is 5.73 Å². The standard InChI is InChI=1S/C6H6N.C4H9S.Au/c7-6-4-2-1-3-5-6;1-2-3-4-5;/h1-5,7H;4-5H,2-3H2,1H3;/q2*-1;. The number of unbranched alkanes of at least 4 members (excludes halogenated alkanes) is 1. The van der Waals surface area contributed by atoms with Crippen molar-refractivity contribution in [3.63, 3.8) is 0 Å². The molecule has 1 N–H and O–H groups in total. The number of rotatable bonds is 2. The van der Waals surface area contributed by atoms with Crippen LogP contribution in [0.5, 0.6) is 0 Å². The van der Waals surface area contributed by atoms with E-state index in [4.69, 9.17) is 5.73 Å². The van der Waals surface area contributed by atoms with E-state index in [1.54, 1.807) is 12.1 Å². The van der Waals surface area contributed by atoms with Gasteiger partial charge in [0, 0.05) is 22.4 Å². The van der Waals surface area contributed by atoms with Crippen LogP contribution in [-0.4, -0.2) is 0 Å². The van der Waals surface area contributed by atoms with Crippen LogP contribution in [0.4, 0.5) is 5.69 Å². The molecule has 0 aliphatic rings. The molecule has 0 bridgehead atoms. The Labute approximate surface area is 102 Å². The molecule has 13 heavy (non-hydrogen) atoms. The van der Waals surface area contributed by atoms with Gasteiger partial charge in [0.1, 0.15) is 0 Å². The van der Waals surface area contributed by atoms with Crippen LogP contribution in [-0.2, 0) is 22.4 Å². The van der Waals surface area contributed by atoms with Crippen LogP contribution in [0.3, 0.4) is 0 Å². The molecule has 0 unspecified atom stereocenters. The second kappa shape index (κ2) is 12.1. The summed E-state index contributed by atoms with van der Waals surface area (Å²) in [5, 5.41) is 0. The van der Waals surface area contributed by atoms with E-state index in [1.807, 2.05) is 24.0 Å². The van der Waals surface area contributed by atoms with E-state index in [1.165, 1.54) is 6.42 Å². The van der Waals surface area contributed by atoms with Gasteiger partial charge in [-0.05, 0) is 0 Å². The number of thiol groups is 1. The first kappa shape index (κ1) is 15.6. The zero-order valence-corrected chi connectivity index (χ0v) is 10.7. The zero-order chi connectivity index (χ0) is 9.23. The summed E-state index contributed by atoms with van der Waals surface area (Å²) < 4.78 is 0. The van der Waals surface area contributed by atoms with E-state index >= 15 is 0 Å². The molecule has 0 aliphatic heterocycles. The van der Waals surface area contributed by atoms with E-state index in [9.17, 15) is 0 Å². The third-order valence-electron chi connectivity index (χ3n) is 1.19. The fourth-order valence-electron chi connectivity index (χ4n) is 0.567. The second-order valence-corrected chi connectivity index (χ2v) is 2.70. The molecule has 0 atom stereocenters. The Hall–Kier alpha value is 0.110. The van der Waals surface area contributed by atoms with Gasteiger partial charge < -0.3 is 18.4 Å². The Morgan fingerprint density at radius 3 is 2.00 bits per heavy atom. The Morgan fingerprint density at radius 2 is 1.85 bits per heavy atom. The van der Waals surface area contributed by atoms with E-state index in [0.717, 1.165) is 6.42 Å². The Morgan fingerprint density at radius 1 is 1.31 bits per heavy atom.